The van der Waals surface area contributed by atoms with Crippen molar-refractivity contribution in [2.45, 2.75) is 33.6 Å². The lowest BCUT2D eigenvalue weighted by Crippen LogP contribution is -2.08. The third kappa shape index (κ3) is 3.94. The third-order valence-corrected chi connectivity index (χ3v) is 5.17. The second-order valence-electron chi connectivity index (χ2n) is 4.90. The molecule has 2 rings (SSSR count). The Balaban J connectivity index is 2.53. The standard InChI is InChI=1S/C16H19BrIN3/c1-4-6-13-14(18)16(19-5-2)21-15(20-13)11-8-7-10(3)12(17)9-11/h7-9H,4-6H2,1-3H3,(H,19,20,21). The Bertz CT molecular complexity index is 616. The first kappa shape index (κ1) is 16.7. The van der Waals surface area contributed by atoms with Crippen molar-refractivity contribution in [3.63, 3.8) is 0 Å². The average Bonchev–Trinajstić information content (AvgIpc) is 2.46. The Labute approximate surface area is 148 Å². The van der Waals surface area contributed by atoms with E-state index in [0.29, 0.717) is 0 Å². The van der Waals surface area contributed by atoms with Crippen LogP contribution in [0.3, 0.4) is 0 Å². The monoisotopic (exact) mass is 459 g/mol. The van der Waals surface area contributed by atoms with E-state index in [9.17, 15) is 0 Å². The lowest BCUT2D eigenvalue weighted by atomic mass is 10.1. The third-order valence-electron chi connectivity index (χ3n) is 3.18. The van der Waals surface area contributed by atoms with Gasteiger partial charge in [0.2, 0.25) is 0 Å². The quantitative estimate of drug-likeness (QED) is 0.624. The highest BCUT2D eigenvalue weighted by Crippen LogP contribution is 2.27. The molecule has 0 atom stereocenters. The molecule has 0 fully saturated rings. The molecule has 0 aliphatic rings. The van der Waals surface area contributed by atoms with E-state index in [1.165, 1.54) is 5.56 Å². The molecule has 1 aromatic carbocycles. The number of aryl methyl sites for hydroxylation is 2. The van der Waals surface area contributed by atoms with Crippen LogP contribution in [0.25, 0.3) is 11.4 Å². The molecule has 0 spiro atoms. The summed E-state index contributed by atoms with van der Waals surface area (Å²) in [6.45, 7) is 7.19. The Kier molecular flexibility index (Phi) is 5.98. The Morgan fingerprint density at radius 2 is 2.00 bits per heavy atom. The molecule has 0 saturated heterocycles. The van der Waals surface area contributed by atoms with Gasteiger partial charge in [0.15, 0.2) is 5.82 Å². The van der Waals surface area contributed by atoms with Crippen molar-refractivity contribution >= 4 is 44.3 Å². The molecule has 3 nitrogen and oxygen atoms in total. The predicted molar refractivity (Wildman–Crippen MR) is 101 cm³/mol. The summed E-state index contributed by atoms with van der Waals surface area (Å²) in [6.07, 6.45) is 2.05. The van der Waals surface area contributed by atoms with E-state index in [4.69, 9.17) is 9.97 Å². The van der Waals surface area contributed by atoms with Crippen molar-refractivity contribution in [2.75, 3.05) is 11.9 Å². The fourth-order valence-corrected chi connectivity index (χ4v) is 3.12. The van der Waals surface area contributed by atoms with E-state index in [1.807, 2.05) is 0 Å². The lowest BCUT2D eigenvalue weighted by Gasteiger charge is -2.12. The number of nitrogens with one attached hydrogen (secondary N) is 1. The van der Waals surface area contributed by atoms with Gasteiger partial charge in [-0.3, -0.25) is 0 Å². The molecular weight excluding hydrogens is 441 g/mol. The highest BCUT2D eigenvalue weighted by atomic mass is 127. The van der Waals surface area contributed by atoms with Gasteiger partial charge in [0, 0.05) is 16.6 Å². The molecule has 0 saturated carbocycles. The Hall–Kier alpha value is -0.690. The summed E-state index contributed by atoms with van der Waals surface area (Å²) in [5, 5.41) is 3.34. The summed E-state index contributed by atoms with van der Waals surface area (Å²) in [4.78, 5) is 9.46. The van der Waals surface area contributed by atoms with Gasteiger partial charge in [0.25, 0.3) is 0 Å². The molecule has 1 N–H and O–H groups in total. The van der Waals surface area contributed by atoms with E-state index in [-0.39, 0.29) is 0 Å². The first-order valence-corrected chi connectivity index (χ1v) is 9.00. The molecule has 0 amide bonds. The van der Waals surface area contributed by atoms with Gasteiger partial charge in [-0.05, 0) is 54.5 Å². The van der Waals surface area contributed by atoms with Crippen LogP contribution in [0.2, 0.25) is 0 Å². The fraction of sp³-hybridized carbons (Fsp3) is 0.375. The van der Waals surface area contributed by atoms with Crippen molar-refractivity contribution in [3.8, 4) is 11.4 Å². The second kappa shape index (κ2) is 7.54. The lowest BCUT2D eigenvalue weighted by molar-refractivity contribution is 0.867. The molecule has 1 aromatic heterocycles. The maximum Gasteiger partial charge on any atom is 0.161 e. The number of hydrogen-bond acceptors (Lipinski definition) is 3. The molecule has 0 bridgehead atoms. The van der Waals surface area contributed by atoms with Crippen LogP contribution in [0, 0.1) is 10.5 Å². The van der Waals surface area contributed by atoms with Gasteiger partial charge in [-0.1, -0.05) is 41.4 Å². The summed E-state index contributed by atoms with van der Waals surface area (Å²) >= 11 is 5.92. The number of benzene rings is 1. The van der Waals surface area contributed by atoms with Gasteiger partial charge in [-0.25, -0.2) is 9.97 Å². The molecule has 1 heterocycles. The SMILES string of the molecule is CCCc1nc(-c2ccc(C)c(Br)c2)nc(NCC)c1I. The zero-order valence-corrected chi connectivity index (χ0v) is 16.2. The molecular formula is C16H19BrIN3. The molecule has 0 unspecified atom stereocenters. The van der Waals surface area contributed by atoms with E-state index >= 15 is 0 Å². The molecule has 0 aliphatic carbocycles. The minimum atomic E-state index is 0.788. The van der Waals surface area contributed by atoms with E-state index < -0.39 is 0 Å². The smallest absolute Gasteiger partial charge is 0.161 e. The molecule has 112 valence electrons. The van der Waals surface area contributed by atoms with Gasteiger partial charge in [0.1, 0.15) is 5.82 Å². The maximum atomic E-state index is 4.77. The summed E-state index contributed by atoms with van der Waals surface area (Å²) in [7, 11) is 0. The normalized spacial score (nSPS) is 10.7. The van der Waals surface area contributed by atoms with Crippen LogP contribution >= 0.6 is 38.5 Å². The minimum absolute atomic E-state index is 0.788. The summed E-state index contributed by atoms with van der Waals surface area (Å²) in [6, 6.07) is 6.25. The average molecular weight is 460 g/mol. The summed E-state index contributed by atoms with van der Waals surface area (Å²) in [5.74, 6) is 1.72. The highest BCUT2D eigenvalue weighted by molar-refractivity contribution is 14.1. The number of aromatic nitrogens is 2. The highest BCUT2D eigenvalue weighted by Gasteiger charge is 2.13. The van der Waals surface area contributed by atoms with Crippen LogP contribution in [-0.4, -0.2) is 16.5 Å². The van der Waals surface area contributed by atoms with Crippen molar-refractivity contribution in [2.24, 2.45) is 0 Å². The number of anilines is 1. The van der Waals surface area contributed by atoms with Crippen LogP contribution in [-0.2, 0) is 6.42 Å². The van der Waals surface area contributed by atoms with E-state index in [0.717, 1.165) is 50.3 Å². The van der Waals surface area contributed by atoms with Gasteiger partial charge in [-0.2, -0.15) is 0 Å². The van der Waals surface area contributed by atoms with Crippen LogP contribution in [0.4, 0.5) is 5.82 Å². The number of nitrogens with zero attached hydrogens (tertiary/aromatic N) is 2. The molecule has 21 heavy (non-hydrogen) atoms. The Morgan fingerprint density at radius 1 is 1.24 bits per heavy atom. The topological polar surface area (TPSA) is 37.8 Å². The van der Waals surface area contributed by atoms with Crippen molar-refractivity contribution in [1.82, 2.24) is 9.97 Å². The Morgan fingerprint density at radius 3 is 2.62 bits per heavy atom. The van der Waals surface area contributed by atoms with Gasteiger partial charge in [0.05, 0.1) is 9.26 Å². The van der Waals surface area contributed by atoms with Crippen molar-refractivity contribution < 1.29 is 0 Å². The van der Waals surface area contributed by atoms with Crippen LogP contribution in [0.15, 0.2) is 22.7 Å². The molecule has 2 aromatic rings. The molecule has 0 radical (unpaired) electrons. The number of rotatable bonds is 5. The number of hydrogen-bond donors (Lipinski definition) is 1. The first-order valence-electron chi connectivity index (χ1n) is 7.13. The van der Waals surface area contributed by atoms with Gasteiger partial charge >= 0.3 is 0 Å². The molecule has 5 heteroatoms. The van der Waals surface area contributed by atoms with Gasteiger partial charge in [-0.15, -0.1) is 0 Å². The number of halogens is 2. The first-order chi connectivity index (χ1) is 10.1. The minimum Gasteiger partial charge on any atom is -0.369 e. The zero-order valence-electron chi connectivity index (χ0n) is 12.5. The molecule has 0 aliphatic heterocycles. The van der Waals surface area contributed by atoms with Gasteiger partial charge < -0.3 is 5.32 Å². The predicted octanol–water partition coefficient (Wildman–Crippen LogP) is 5.20. The summed E-state index contributed by atoms with van der Waals surface area (Å²) in [5.41, 5.74) is 3.38. The van der Waals surface area contributed by atoms with E-state index in [1.54, 1.807) is 0 Å². The van der Waals surface area contributed by atoms with Crippen LogP contribution in [0.1, 0.15) is 31.5 Å². The van der Waals surface area contributed by atoms with Crippen LogP contribution in [0.5, 0.6) is 0 Å². The van der Waals surface area contributed by atoms with E-state index in [2.05, 4.69) is 82.8 Å². The fourth-order valence-electron chi connectivity index (χ4n) is 2.04. The summed E-state index contributed by atoms with van der Waals surface area (Å²) < 4.78 is 2.22. The maximum absolute atomic E-state index is 4.77. The van der Waals surface area contributed by atoms with Crippen LogP contribution < -0.4 is 5.32 Å². The second-order valence-corrected chi connectivity index (χ2v) is 6.83. The van der Waals surface area contributed by atoms with Crippen molar-refractivity contribution in [1.29, 1.82) is 0 Å². The largest absolute Gasteiger partial charge is 0.369 e. The zero-order chi connectivity index (χ0) is 15.4. The van der Waals surface area contributed by atoms with Crippen molar-refractivity contribution in [3.05, 3.63) is 37.5 Å².